The molecule has 2 N–H and O–H groups in total. The monoisotopic (exact) mass is 272 g/mol. The van der Waals surface area contributed by atoms with Crippen molar-refractivity contribution in [3.63, 3.8) is 0 Å². The molecule has 0 spiro atoms. The van der Waals surface area contributed by atoms with E-state index in [1.165, 1.54) is 12.6 Å². The van der Waals surface area contributed by atoms with Gasteiger partial charge in [-0.1, -0.05) is 17.0 Å². The number of hydrogen-bond acceptors (Lipinski definition) is 6. The van der Waals surface area contributed by atoms with E-state index >= 15 is 0 Å². The van der Waals surface area contributed by atoms with Crippen LogP contribution in [0.3, 0.4) is 0 Å². The molecule has 2 aromatic rings. The first-order chi connectivity index (χ1) is 9.79. The Hall–Kier alpha value is -2.72. The van der Waals surface area contributed by atoms with Crippen LogP contribution >= 0.6 is 0 Å². The van der Waals surface area contributed by atoms with Crippen LogP contribution in [0.2, 0.25) is 0 Å². The Balaban J connectivity index is 1.99. The molecule has 0 saturated heterocycles. The summed E-state index contributed by atoms with van der Waals surface area (Å²) < 4.78 is 4.56. The molecular weight excluding hydrogens is 260 g/mol. The fourth-order valence-corrected chi connectivity index (χ4v) is 1.38. The van der Waals surface area contributed by atoms with E-state index in [0.717, 1.165) is 0 Å². The summed E-state index contributed by atoms with van der Waals surface area (Å²) in [5.74, 6) is 5.68. The first-order valence-corrected chi connectivity index (χ1v) is 5.88. The van der Waals surface area contributed by atoms with Crippen molar-refractivity contribution in [3.8, 4) is 11.8 Å². The van der Waals surface area contributed by atoms with Crippen molar-refractivity contribution in [1.29, 1.82) is 0 Å². The number of aromatic nitrogens is 3. The molecule has 20 heavy (non-hydrogen) atoms. The van der Waals surface area contributed by atoms with Gasteiger partial charge < -0.3 is 14.9 Å². The third-order valence-electron chi connectivity index (χ3n) is 2.28. The number of amides is 1. The summed E-state index contributed by atoms with van der Waals surface area (Å²) in [6.45, 7) is 0.182. The molecule has 2 rings (SSSR count). The maximum absolute atomic E-state index is 11.9. The van der Waals surface area contributed by atoms with Gasteiger partial charge in [-0.15, -0.1) is 0 Å². The van der Waals surface area contributed by atoms with Gasteiger partial charge in [-0.2, -0.15) is 4.98 Å². The van der Waals surface area contributed by atoms with Crippen molar-refractivity contribution in [2.75, 3.05) is 6.61 Å². The first kappa shape index (κ1) is 13.7. The Morgan fingerprint density at radius 1 is 1.45 bits per heavy atom. The van der Waals surface area contributed by atoms with Crippen molar-refractivity contribution >= 4 is 5.91 Å². The van der Waals surface area contributed by atoms with Crippen molar-refractivity contribution in [2.45, 2.75) is 13.0 Å². The van der Waals surface area contributed by atoms with Gasteiger partial charge in [0.25, 0.3) is 5.91 Å². The fourth-order valence-electron chi connectivity index (χ4n) is 1.38. The van der Waals surface area contributed by atoms with E-state index in [2.05, 4.69) is 36.8 Å². The lowest BCUT2D eigenvalue weighted by Gasteiger charge is -2.02. The third kappa shape index (κ3) is 3.90. The van der Waals surface area contributed by atoms with Crippen LogP contribution in [0.1, 0.15) is 28.2 Å². The summed E-state index contributed by atoms with van der Waals surface area (Å²) >= 11 is 0. The summed E-state index contributed by atoms with van der Waals surface area (Å²) in [4.78, 5) is 19.6. The molecule has 0 fully saturated rings. The molecule has 0 aliphatic heterocycles. The summed E-state index contributed by atoms with van der Waals surface area (Å²) in [6, 6.07) is 1.63. The number of carbonyl (C=O) groups excluding carboxylic acids is 1. The molecule has 2 heterocycles. The van der Waals surface area contributed by atoms with Gasteiger partial charge >= 0.3 is 0 Å². The molecule has 1 amide bonds. The van der Waals surface area contributed by atoms with Gasteiger partial charge in [0.1, 0.15) is 0 Å². The van der Waals surface area contributed by atoms with Crippen LogP contribution in [0.15, 0.2) is 29.4 Å². The molecule has 7 heteroatoms. The van der Waals surface area contributed by atoms with Crippen LogP contribution in [-0.4, -0.2) is 32.7 Å². The van der Waals surface area contributed by atoms with Gasteiger partial charge in [0.15, 0.2) is 5.82 Å². The molecule has 0 atom stereocenters. The maximum atomic E-state index is 11.9. The molecule has 0 bridgehead atoms. The summed E-state index contributed by atoms with van der Waals surface area (Å²) in [5, 5.41) is 14.9. The second kappa shape index (κ2) is 7.01. The van der Waals surface area contributed by atoms with Gasteiger partial charge in [-0.3, -0.25) is 9.78 Å². The predicted octanol–water partition coefficient (Wildman–Crippen LogP) is 0.128. The highest BCUT2D eigenvalue weighted by atomic mass is 16.5. The highest BCUT2D eigenvalue weighted by molar-refractivity contribution is 5.94. The largest absolute Gasteiger partial charge is 0.395 e. The molecule has 0 aliphatic carbocycles. The Labute approximate surface area is 115 Å². The molecular formula is C13H12N4O3. The van der Waals surface area contributed by atoms with Crippen LogP contribution in [0.5, 0.6) is 0 Å². The lowest BCUT2D eigenvalue weighted by molar-refractivity contribution is 0.0949. The van der Waals surface area contributed by atoms with Crippen LogP contribution in [0.4, 0.5) is 0 Å². The van der Waals surface area contributed by atoms with Gasteiger partial charge in [0.2, 0.25) is 6.39 Å². The molecule has 0 aliphatic rings. The van der Waals surface area contributed by atoms with Crippen molar-refractivity contribution < 1.29 is 14.4 Å². The first-order valence-electron chi connectivity index (χ1n) is 5.88. The van der Waals surface area contributed by atoms with Crippen LogP contribution in [0, 0.1) is 11.8 Å². The minimum atomic E-state index is -0.298. The molecule has 0 radical (unpaired) electrons. The van der Waals surface area contributed by atoms with Gasteiger partial charge in [-0.05, 0) is 6.07 Å². The van der Waals surface area contributed by atoms with Crippen molar-refractivity contribution in [2.24, 2.45) is 0 Å². The Kier molecular flexibility index (Phi) is 4.81. The lowest BCUT2D eigenvalue weighted by atomic mass is 10.2. The van der Waals surface area contributed by atoms with Crippen LogP contribution in [-0.2, 0) is 6.54 Å². The Morgan fingerprint density at radius 3 is 3.10 bits per heavy atom. The van der Waals surface area contributed by atoms with E-state index in [4.69, 9.17) is 5.11 Å². The Morgan fingerprint density at radius 2 is 2.35 bits per heavy atom. The minimum absolute atomic E-state index is 0.00526. The number of nitrogens with one attached hydrogen (secondary N) is 1. The number of pyridine rings is 1. The summed E-state index contributed by atoms with van der Waals surface area (Å²) in [7, 11) is 0. The number of hydrogen-bond donors (Lipinski definition) is 2. The highest BCUT2D eigenvalue weighted by Gasteiger charge is 2.07. The molecule has 0 unspecified atom stereocenters. The number of nitrogens with zero attached hydrogens (tertiary/aromatic N) is 3. The van der Waals surface area contributed by atoms with Gasteiger partial charge in [-0.25, -0.2) is 0 Å². The second-order valence-corrected chi connectivity index (χ2v) is 3.77. The number of aliphatic hydroxyl groups is 1. The van der Waals surface area contributed by atoms with Crippen molar-refractivity contribution in [3.05, 3.63) is 41.8 Å². The number of carbonyl (C=O) groups is 1. The summed E-state index contributed by atoms with van der Waals surface area (Å²) in [6.07, 6.45) is 4.58. The number of aliphatic hydroxyl groups excluding tert-OH is 1. The van der Waals surface area contributed by atoms with Crippen molar-refractivity contribution in [1.82, 2.24) is 20.4 Å². The Bertz CT molecular complexity index is 629. The van der Waals surface area contributed by atoms with E-state index in [9.17, 15) is 4.79 Å². The maximum Gasteiger partial charge on any atom is 0.253 e. The molecule has 0 aromatic carbocycles. The fraction of sp³-hybridized carbons (Fsp3) is 0.231. The zero-order valence-corrected chi connectivity index (χ0v) is 10.5. The lowest BCUT2D eigenvalue weighted by Crippen LogP contribution is -2.23. The average molecular weight is 272 g/mol. The predicted molar refractivity (Wildman–Crippen MR) is 68.3 cm³/mol. The third-order valence-corrected chi connectivity index (χ3v) is 2.28. The smallest absolute Gasteiger partial charge is 0.253 e. The second-order valence-electron chi connectivity index (χ2n) is 3.77. The van der Waals surface area contributed by atoms with E-state index in [-0.39, 0.29) is 19.1 Å². The zero-order chi connectivity index (χ0) is 14.2. The van der Waals surface area contributed by atoms with E-state index < -0.39 is 0 Å². The molecule has 102 valence electrons. The molecule has 2 aromatic heterocycles. The minimum Gasteiger partial charge on any atom is -0.395 e. The van der Waals surface area contributed by atoms with Gasteiger partial charge in [0, 0.05) is 24.4 Å². The van der Waals surface area contributed by atoms with E-state index in [1.807, 2.05) is 0 Å². The number of rotatable bonds is 4. The molecule has 7 nitrogen and oxygen atoms in total. The normalized spacial score (nSPS) is 9.65. The zero-order valence-electron chi connectivity index (χ0n) is 10.5. The summed E-state index contributed by atoms with van der Waals surface area (Å²) in [5.41, 5.74) is 1.01. The highest BCUT2D eigenvalue weighted by Crippen LogP contribution is 2.02. The quantitative estimate of drug-likeness (QED) is 0.767. The van der Waals surface area contributed by atoms with E-state index in [0.29, 0.717) is 23.4 Å². The van der Waals surface area contributed by atoms with Gasteiger partial charge in [0.05, 0.1) is 18.7 Å². The van der Waals surface area contributed by atoms with E-state index in [1.54, 1.807) is 12.3 Å². The SMILES string of the molecule is O=C(NCc1ncon1)c1cncc(C#CCCO)c1. The molecule has 0 saturated carbocycles. The average Bonchev–Trinajstić information content (AvgIpc) is 2.99. The topological polar surface area (TPSA) is 101 Å². The van der Waals surface area contributed by atoms with Crippen LogP contribution < -0.4 is 5.32 Å². The van der Waals surface area contributed by atoms with Crippen LogP contribution in [0.25, 0.3) is 0 Å². The standard InChI is InChI=1S/C13H12N4O3/c18-4-2-1-3-10-5-11(7-14-6-10)13(19)15-8-12-16-9-20-17-12/h5-7,9,18H,2,4,8H2,(H,15,19).